The summed E-state index contributed by atoms with van der Waals surface area (Å²) in [4.78, 5) is 25.5. The van der Waals surface area contributed by atoms with Crippen LogP contribution in [0.15, 0.2) is 54.6 Å². The zero-order valence-electron chi connectivity index (χ0n) is 19.2. The Morgan fingerprint density at radius 1 is 1.21 bits per heavy atom. The second-order valence-electron chi connectivity index (χ2n) is 8.88. The van der Waals surface area contributed by atoms with Gasteiger partial charge in [0, 0.05) is 17.8 Å². The number of aromatic carboxylic acids is 1. The number of alkyl halides is 2. The summed E-state index contributed by atoms with van der Waals surface area (Å²) in [5.41, 5.74) is 1.24. The Kier molecular flexibility index (Phi) is 8.97. The molecule has 2 heterocycles. The molecule has 34 heavy (non-hydrogen) atoms. The first-order valence-corrected chi connectivity index (χ1v) is 12.4. The minimum atomic E-state index is -3.42. The molecule has 1 aromatic heterocycles. The van der Waals surface area contributed by atoms with Crippen molar-refractivity contribution in [3.63, 3.8) is 0 Å². The van der Waals surface area contributed by atoms with Gasteiger partial charge in [0.1, 0.15) is 4.88 Å². The van der Waals surface area contributed by atoms with E-state index in [1.165, 1.54) is 28.7 Å². The molecule has 1 aliphatic rings. The summed E-state index contributed by atoms with van der Waals surface area (Å²) in [5.74, 6) is -5.64. The van der Waals surface area contributed by atoms with Crippen LogP contribution in [0, 0.1) is 5.92 Å². The van der Waals surface area contributed by atoms with E-state index in [1.54, 1.807) is 6.07 Å². The number of aliphatic hydroxyl groups excluding tert-OH is 1. The monoisotopic (exact) mass is 491 g/mol. The number of carbonyl (C=O) groups is 2. The van der Waals surface area contributed by atoms with Crippen molar-refractivity contribution in [2.75, 3.05) is 6.54 Å². The fourth-order valence-corrected chi connectivity index (χ4v) is 5.07. The molecule has 3 atom stereocenters. The summed E-state index contributed by atoms with van der Waals surface area (Å²) in [6, 6.07) is 12.5. The topological polar surface area (TPSA) is 77.8 Å². The Balaban J connectivity index is 1.51. The lowest BCUT2D eigenvalue weighted by atomic mass is 9.95. The van der Waals surface area contributed by atoms with Gasteiger partial charge in [-0.1, -0.05) is 49.4 Å². The molecule has 8 heteroatoms. The number of carboxylic acids is 1. The third-order valence-electron chi connectivity index (χ3n) is 6.22. The number of hydrogen-bond acceptors (Lipinski definition) is 4. The third kappa shape index (κ3) is 6.96. The van der Waals surface area contributed by atoms with Crippen molar-refractivity contribution in [2.45, 2.75) is 63.5 Å². The summed E-state index contributed by atoms with van der Waals surface area (Å²) in [6.45, 7) is 2.07. The number of hydrogen-bond donors (Lipinski definition) is 2. The fraction of sp³-hybridized carbons (Fsp3) is 0.462. The van der Waals surface area contributed by atoms with Crippen LogP contribution in [0.5, 0.6) is 0 Å². The van der Waals surface area contributed by atoms with Crippen LogP contribution in [0.25, 0.3) is 0 Å². The van der Waals surface area contributed by atoms with E-state index >= 15 is 0 Å². The lowest BCUT2D eigenvalue weighted by Crippen LogP contribution is -2.36. The molecule has 0 aliphatic carbocycles. The Morgan fingerprint density at radius 3 is 2.62 bits per heavy atom. The summed E-state index contributed by atoms with van der Waals surface area (Å²) in [7, 11) is 0. The molecule has 0 saturated carbocycles. The van der Waals surface area contributed by atoms with Gasteiger partial charge in [0.2, 0.25) is 0 Å². The number of amides is 1. The molecule has 5 nitrogen and oxygen atoms in total. The number of benzene rings is 1. The number of nitrogens with zero attached hydrogens (tertiary/aromatic N) is 1. The molecule has 0 bridgehead atoms. The molecule has 1 aliphatic heterocycles. The second kappa shape index (κ2) is 11.7. The van der Waals surface area contributed by atoms with Crippen LogP contribution in [-0.4, -0.2) is 51.6 Å². The van der Waals surface area contributed by atoms with E-state index in [-0.39, 0.29) is 17.3 Å². The van der Waals surface area contributed by atoms with Crippen LogP contribution < -0.4 is 0 Å². The largest absolute Gasteiger partial charge is 0.477 e. The molecule has 2 aromatic rings. The van der Waals surface area contributed by atoms with E-state index in [9.17, 15) is 23.5 Å². The Bertz CT molecular complexity index is 992. The third-order valence-corrected chi connectivity index (χ3v) is 7.35. The first-order chi connectivity index (χ1) is 16.2. The zero-order valence-corrected chi connectivity index (χ0v) is 20.0. The van der Waals surface area contributed by atoms with E-state index in [1.807, 2.05) is 25.1 Å². The van der Waals surface area contributed by atoms with Gasteiger partial charge >= 0.3 is 11.9 Å². The van der Waals surface area contributed by atoms with Crippen molar-refractivity contribution in [2.24, 2.45) is 5.92 Å². The number of thiophene rings is 1. The van der Waals surface area contributed by atoms with Crippen LogP contribution in [0.2, 0.25) is 0 Å². The molecule has 3 rings (SSSR count). The van der Waals surface area contributed by atoms with Crippen molar-refractivity contribution in [1.29, 1.82) is 0 Å². The zero-order chi connectivity index (χ0) is 24.7. The molecular weight excluding hydrogens is 460 g/mol. The number of aliphatic hydroxyl groups is 1. The first kappa shape index (κ1) is 26.0. The fourth-order valence-electron chi connectivity index (χ4n) is 4.19. The quantitative estimate of drug-likeness (QED) is 0.401. The second-order valence-corrected chi connectivity index (χ2v) is 10.0. The summed E-state index contributed by atoms with van der Waals surface area (Å²) < 4.78 is 28.3. The maximum Gasteiger partial charge on any atom is 0.345 e. The van der Waals surface area contributed by atoms with Crippen LogP contribution in [0.3, 0.4) is 0 Å². The van der Waals surface area contributed by atoms with Gasteiger partial charge in [-0.2, -0.15) is 8.78 Å². The Hall–Kier alpha value is -2.58. The lowest BCUT2D eigenvalue weighted by molar-refractivity contribution is -0.148. The summed E-state index contributed by atoms with van der Waals surface area (Å²) >= 11 is 1.15. The van der Waals surface area contributed by atoms with Crippen molar-refractivity contribution in [1.82, 2.24) is 4.90 Å². The van der Waals surface area contributed by atoms with Gasteiger partial charge in [0.25, 0.3) is 5.91 Å². The van der Waals surface area contributed by atoms with Crippen molar-refractivity contribution in [3.8, 4) is 0 Å². The first-order valence-electron chi connectivity index (χ1n) is 11.6. The molecule has 2 N–H and O–H groups in total. The average molecular weight is 492 g/mol. The molecule has 1 unspecified atom stereocenters. The highest BCUT2D eigenvalue weighted by Gasteiger charge is 2.52. The normalized spacial score (nSPS) is 19.6. The molecule has 0 spiro atoms. The number of carboxylic acid groups (broad SMARTS) is 1. The van der Waals surface area contributed by atoms with E-state index in [2.05, 4.69) is 12.1 Å². The van der Waals surface area contributed by atoms with E-state index < -0.39 is 36.4 Å². The molecule has 1 amide bonds. The van der Waals surface area contributed by atoms with Crippen molar-refractivity contribution < 1.29 is 28.6 Å². The van der Waals surface area contributed by atoms with Crippen LogP contribution >= 0.6 is 11.3 Å². The maximum atomic E-state index is 14.1. The van der Waals surface area contributed by atoms with Crippen molar-refractivity contribution >= 4 is 23.2 Å². The number of rotatable bonds is 12. The van der Waals surface area contributed by atoms with Crippen molar-refractivity contribution in [3.05, 3.63) is 69.9 Å². The molecular formula is C26H31F2NO4S. The Labute approximate surface area is 202 Å². The summed E-state index contributed by atoms with van der Waals surface area (Å²) in [6.07, 6.45) is 5.27. The number of halogens is 2. The standard InChI is InChI=1S/C26H31F2NO4S/c1-18(7-5-10-19-8-3-2-4-9-19)22(30)14-12-20-17-26(27,28)25(33)29(20)16-6-11-21-13-15-23(34-21)24(31)32/h2-4,8-9,12-15,18,20,22,30H,5-7,10-11,16-17H2,1H3,(H,31,32)/b14-12+/t18-,20?,22-/m0/s1. The maximum absolute atomic E-state index is 14.1. The van der Waals surface area contributed by atoms with Crippen LogP contribution in [0.1, 0.15) is 52.7 Å². The lowest BCUT2D eigenvalue weighted by Gasteiger charge is -2.22. The van der Waals surface area contributed by atoms with Crippen LogP contribution in [-0.2, 0) is 17.6 Å². The predicted molar refractivity (Wildman–Crippen MR) is 128 cm³/mol. The van der Waals surface area contributed by atoms with Gasteiger partial charge in [-0.05, 0) is 55.7 Å². The molecule has 1 fully saturated rings. The minimum absolute atomic E-state index is 0.0340. The number of likely N-dealkylation sites (tertiary alicyclic amines) is 1. The van der Waals surface area contributed by atoms with Gasteiger partial charge < -0.3 is 15.1 Å². The van der Waals surface area contributed by atoms with Gasteiger partial charge in [0.05, 0.1) is 12.1 Å². The predicted octanol–water partition coefficient (Wildman–Crippen LogP) is 5.19. The highest BCUT2D eigenvalue weighted by atomic mass is 32.1. The highest BCUT2D eigenvalue weighted by Crippen LogP contribution is 2.34. The average Bonchev–Trinajstić information content (AvgIpc) is 3.36. The number of carbonyl (C=O) groups excluding carboxylic acids is 1. The summed E-state index contributed by atoms with van der Waals surface area (Å²) in [5, 5.41) is 19.5. The highest BCUT2D eigenvalue weighted by molar-refractivity contribution is 7.13. The molecule has 1 aromatic carbocycles. The Morgan fingerprint density at radius 2 is 1.94 bits per heavy atom. The smallest absolute Gasteiger partial charge is 0.345 e. The van der Waals surface area contributed by atoms with E-state index in [0.717, 1.165) is 35.5 Å². The minimum Gasteiger partial charge on any atom is -0.477 e. The van der Waals surface area contributed by atoms with Gasteiger partial charge in [-0.25, -0.2) is 4.79 Å². The number of aryl methyl sites for hydroxylation is 2. The van der Waals surface area contributed by atoms with E-state index in [0.29, 0.717) is 12.8 Å². The van der Waals surface area contributed by atoms with Gasteiger partial charge in [0.15, 0.2) is 0 Å². The van der Waals surface area contributed by atoms with Gasteiger partial charge in [-0.3, -0.25) is 4.79 Å². The SMILES string of the molecule is C[C@@H](CCCc1ccccc1)[C@@H](O)/C=C/C1CC(F)(F)C(=O)N1CCCc1ccc(C(=O)O)s1. The molecule has 184 valence electrons. The van der Waals surface area contributed by atoms with E-state index in [4.69, 9.17) is 5.11 Å². The molecule has 0 radical (unpaired) electrons. The van der Waals surface area contributed by atoms with Crippen LogP contribution in [0.4, 0.5) is 8.78 Å². The molecule has 1 saturated heterocycles. The van der Waals surface area contributed by atoms with Gasteiger partial charge in [-0.15, -0.1) is 11.3 Å².